The first-order valence-electron chi connectivity index (χ1n) is 3.98. The van der Waals surface area contributed by atoms with E-state index in [4.69, 9.17) is 15.6 Å². The van der Waals surface area contributed by atoms with Crippen LogP contribution in [-0.2, 0) is 4.79 Å². The van der Waals surface area contributed by atoms with E-state index < -0.39 is 12.0 Å². The van der Waals surface area contributed by atoms with Gasteiger partial charge >= 0.3 is 5.97 Å². The Hall–Kier alpha value is -0.590. The van der Waals surface area contributed by atoms with Crippen LogP contribution >= 0.6 is 31.9 Å². The molecule has 0 bridgehead atoms. The zero-order valence-corrected chi connectivity index (χ0v) is 11.0. The second kappa shape index (κ2) is 4.96. The molecule has 0 amide bonds. The van der Waals surface area contributed by atoms with E-state index in [1.165, 1.54) is 7.11 Å². The number of ether oxygens (including phenoxy) is 1. The summed E-state index contributed by atoms with van der Waals surface area (Å²) >= 11 is 6.54. The van der Waals surface area contributed by atoms with E-state index in [0.29, 0.717) is 20.3 Å². The van der Waals surface area contributed by atoms with Gasteiger partial charge in [0.1, 0.15) is 11.8 Å². The Morgan fingerprint density at radius 1 is 1.47 bits per heavy atom. The van der Waals surface area contributed by atoms with Crippen molar-refractivity contribution < 1.29 is 14.6 Å². The summed E-state index contributed by atoms with van der Waals surface area (Å²) in [5.74, 6) is -0.463. The normalized spacial score (nSPS) is 12.3. The number of halogens is 2. The van der Waals surface area contributed by atoms with Crippen LogP contribution in [0.15, 0.2) is 21.1 Å². The Balaban J connectivity index is 3.19. The third-order valence-electron chi connectivity index (χ3n) is 1.85. The maximum atomic E-state index is 10.7. The van der Waals surface area contributed by atoms with Crippen LogP contribution in [-0.4, -0.2) is 18.2 Å². The number of rotatable bonds is 3. The molecule has 1 atom stereocenters. The molecule has 0 saturated carbocycles. The van der Waals surface area contributed by atoms with Crippen molar-refractivity contribution in [2.75, 3.05) is 7.11 Å². The summed E-state index contributed by atoms with van der Waals surface area (Å²) in [4.78, 5) is 10.7. The maximum absolute atomic E-state index is 10.7. The van der Waals surface area contributed by atoms with Gasteiger partial charge in [-0.05, 0) is 49.6 Å². The Bertz CT molecular complexity index is 372. The van der Waals surface area contributed by atoms with Crippen molar-refractivity contribution in [2.45, 2.75) is 6.04 Å². The molecule has 0 aliphatic heterocycles. The van der Waals surface area contributed by atoms with Crippen molar-refractivity contribution in [3.05, 3.63) is 26.6 Å². The lowest BCUT2D eigenvalue weighted by atomic mass is 10.1. The number of carboxylic acid groups (broad SMARTS) is 1. The van der Waals surface area contributed by atoms with Gasteiger partial charge in [0, 0.05) is 0 Å². The number of carbonyl (C=O) groups is 1. The summed E-state index contributed by atoms with van der Waals surface area (Å²) in [6, 6.07) is 2.22. The largest absolute Gasteiger partial charge is 0.494 e. The minimum Gasteiger partial charge on any atom is -0.494 e. The van der Waals surface area contributed by atoms with Gasteiger partial charge < -0.3 is 15.6 Å². The molecule has 0 fully saturated rings. The second-order valence-corrected chi connectivity index (χ2v) is 4.54. The lowest BCUT2D eigenvalue weighted by Crippen LogP contribution is -2.20. The van der Waals surface area contributed by atoms with Crippen molar-refractivity contribution >= 4 is 37.8 Å². The quantitative estimate of drug-likeness (QED) is 0.887. The van der Waals surface area contributed by atoms with Crippen LogP contribution in [0.5, 0.6) is 5.75 Å². The van der Waals surface area contributed by atoms with E-state index in [2.05, 4.69) is 31.9 Å². The molecule has 3 N–H and O–H groups in total. The number of methoxy groups -OCH3 is 1. The number of nitrogens with two attached hydrogens (primary N) is 1. The zero-order chi connectivity index (χ0) is 11.6. The summed E-state index contributed by atoms with van der Waals surface area (Å²) < 4.78 is 6.41. The Kier molecular flexibility index (Phi) is 4.12. The van der Waals surface area contributed by atoms with E-state index in [1.807, 2.05) is 0 Å². The van der Waals surface area contributed by atoms with Gasteiger partial charge in [-0.2, -0.15) is 0 Å². The molecule has 82 valence electrons. The molecule has 15 heavy (non-hydrogen) atoms. The van der Waals surface area contributed by atoms with Gasteiger partial charge in [0.05, 0.1) is 16.1 Å². The molecule has 6 heteroatoms. The van der Waals surface area contributed by atoms with Gasteiger partial charge in [0.15, 0.2) is 0 Å². The molecule has 4 nitrogen and oxygen atoms in total. The molecule has 0 heterocycles. The molecular weight excluding hydrogens is 330 g/mol. The van der Waals surface area contributed by atoms with Gasteiger partial charge in [-0.3, -0.25) is 4.79 Å². The van der Waals surface area contributed by atoms with Crippen LogP contribution in [0, 0.1) is 0 Å². The molecule has 0 aliphatic rings. The van der Waals surface area contributed by atoms with Crippen LogP contribution in [0.2, 0.25) is 0 Å². The third-order valence-corrected chi connectivity index (χ3v) is 3.03. The fraction of sp³-hybridized carbons (Fsp3) is 0.222. The van der Waals surface area contributed by atoms with Crippen molar-refractivity contribution in [3.8, 4) is 5.75 Å². The highest BCUT2D eigenvalue weighted by Crippen LogP contribution is 2.35. The molecule has 0 unspecified atom stereocenters. The van der Waals surface area contributed by atoms with E-state index in [9.17, 15) is 4.79 Å². The number of benzene rings is 1. The summed E-state index contributed by atoms with van der Waals surface area (Å²) in [5, 5.41) is 8.76. The minimum atomic E-state index is -1.07. The predicted octanol–water partition coefficient (Wildman–Crippen LogP) is 2.30. The molecule has 1 rings (SSSR count). The minimum absolute atomic E-state index is 0.502. The van der Waals surface area contributed by atoms with Gasteiger partial charge in [0.25, 0.3) is 0 Å². The SMILES string of the molecule is COc1c(Br)cc([C@H](N)C(=O)O)cc1Br. The van der Waals surface area contributed by atoms with Crippen LogP contribution in [0.1, 0.15) is 11.6 Å². The first kappa shape index (κ1) is 12.5. The van der Waals surface area contributed by atoms with E-state index in [0.717, 1.165) is 0 Å². The summed E-state index contributed by atoms with van der Waals surface area (Å²) in [7, 11) is 1.53. The number of aliphatic carboxylic acids is 1. The Morgan fingerprint density at radius 2 is 1.93 bits per heavy atom. The highest BCUT2D eigenvalue weighted by atomic mass is 79.9. The third kappa shape index (κ3) is 2.70. The predicted molar refractivity (Wildman–Crippen MR) is 63.0 cm³/mol. The van der Waals surface area contributed by atoms with E-state index in [-0.39, 0.29) is 0 Å². The molecule has 1 aromatic rings. The molecule has 0 radical (unpaired) electrons. The van der Waals surface area contributed by atoms with Gasteiger partial charge in [-0.25, -0.2) is 0 Å². The first-order valence-corrected chi connectivity index (χ1v) is 5.57. The van der Waals surface area contributed by atoms with Crippen LogP contribution in [0.4, 0.5) is 0 Å². The van der Waals surface area contributed by atoms with E-state index >= 15 is 0 Å². The molecule has 0 aliphatic carbocycles. The van der Waals surface area contributed by atoms with Crippen LogP contribution in [0.25, 0.3) is 0 Å². The Morgan fingerprint density at radius 3 is 2.27 bits per heavy atom. The molecular formula is C9H9Br2NO3. The van der Waals surface area contributed by atoms with Gasteiger partial charge in [-0.1, -0.05) is 0 Å². The molecule has 0 aromatic heterocycles. The van der Waals surface area contributed by atoms with Gasteiger partial charge in [0.2, 0.25) is 0 Å². The summed E-state index contributed by atoms with van der Waals surface area (Å²) in [6.45, 7) is 0. The lowest BCUT2D eigenvalue weighted by molar-refractivity contribution is -0.138. The average Bonchev–Trinajstić information content (AvgIpc) is 2.15. The fourth-order valence-electron chi connectivity index (χ4n) is 1.10. The highest BCUT2D eigenvalue weighted by molar-refractivity contribution is 9.11. The standard InChI is InChI=1S/C9H9Br2NO3/c1-15-8-5(10)2-4(3-6(8)11)7(12)9(13)14/h2-3,7H,12H2,1H3,(H,13,14)/t7-/m0/s1. The molecule has 0 saturated heterocycles. The smallest absolute Gasteiger partial charge is 0.325 e. The maximum Gasteiger partial charge on any atom is 0.325 e. The summed E-state index contributed by atoms with van der Waals surface area (Å²) in [5.41, 5.74) is 5.99. The first-order chi connectivity index (χ1) is 6.97. The summed E-state index contributed by atoms with van der Waals surface area (Å²) in [6.07, 6.45) is 0. The van der Waals surface area contributed by atoms with Gasteiger partial charge in [-0.15, -0.1) is 0 Å². The van der Waals surface area contributed by atoms with Crippen LogP contribution in [0.3, 0.4) is 0 Å². The van der Waals surface area contributed by atoms with Crippen LogP contribution < -0.4 is 10.5 Å². The fourth-order valence-corrected chi connectivity index (χ4v) is 2.64. The van der Waals surface area contributed by atoms with Crippen molar-refractivity contribution in [2.24, 2.45) is 5.73 Å². The number of carboxylic acids is 1. The Labute approximate surface area is 104 Å². The number of hydrogen-bond acceptors (Lipinski definition) is 3. The second-order valence-electron chi connectivity index (χ2n) is 2.83. The lowest BCUT2D eigenvalue weighted by Gasteiger charge is -2.11. The van der Waals surface area contributed by atoms with Crippen molar-refractivity contribution in [1.29, 1.82) is 0 Å². The zero-order valence-electron chi connectivity index (χ0n) is 7.83. The molecule has 0 spiro atoms. The highest BCUT2D eigenvalue weighted by Gasteiger charge is 2.17. The van der Waals surface area contributed by atoms with E-state index in [1.54, 1.807) is 12.1 Å². The monoisotopic (exact) mass is 337 g/mol. The topological polar surface area (TPSA) is 72.5 Å². The average molecular weight is 339 g/mol. The van der Waals surface area contributed by atoms with Crippen molar-refractivity contribution in [1.82, 2.24) is 0 Å². The number of hydrogen-bond donors (Lipinski definition) is 2. The van der Waals surface area contributed by atoms with Crippen molar-refractivity contribution in [3.63, 3.8) is 0 Å². The molecule has 1 aromatic carbocycles.